The van der Waals surface area contributed by atoms with Gasteiger partial charge in [-0.1, -0.05) is 17.7 Å². The van der Waals surface area contributed by atoms with Gasteiger partial charge in [0.05, 0.1) is 32.0 Å². The van der Waals surface area contributed by atoms with Gasteiger partial charge in [0.1, 0.15) is 17.6 Å². The molecule has 2 fully saturated rings. The second-order valence-electron chi connectivity index (χ2n) is 8.40. The van der Waals surface area contributed by atoms with Crippen LogP contribution < -0.4 is 15.6 Å². The minimum atomic E-state index is -0.533. The van der Waals surface area contributed by atoms with Crippen LogP contribution in [0.15, 0.2) is 53.1 Å². The monoisotopic (exact) mass is 469 g/mol. The Bertz CT molecular complexity index is 1200. The Balaban J connectivity index is 1.62. The van der Waals surface area contributed by atoms with Crippen molar-refractivity contribution in [2.75, 3.05) is 7.11 Å². The van der Waals surface area contributed by atoms with Crippen LogP contribution >= 0.6 is 11.6 Å². The Morgan fingerprint density at radius 1 is 1.12 bits per heavy atom. The molecule has 2 aliphatic rings. The highest BCUT2D eigenvalue weighted by atomic mass is 35.5. The molecule has 2 aromatic carbocycles. The highest BCUT2D eigenvalue weighted by Gasteiger charge is 2.56. The number of likely N-dealkylation sites (tertiary alicyclic amines) is 1. The van der Waals surface area contributed by atoms with Crippen molar-refractivity contribution in [3.05, 3.63) is 76.2 Å². The smallest absolute Gasteiger partial charge is 0.242 e. The molecule has 0 spiro atoms. The van der Waals surface area contributed by atoms with Crippen molar-refractivity contribution >= 4 is 17.5 Å². The Kier molecular flexibility index (Phi) is 5.44. The first-order valence-corrected chi connectivity index (χ1v) is 11.0. The third-order valence-corrected chi connectivity index (χ3v) is 6.92. The molecule has 3 heterocycles. The van der Waals surface area contributed by atoms with Gasteiger partial charge in [-0.2, -0.15) is 0 Å². The van der Waals surface area contributed by atoms with Crippen LogP contribution in [0, 0.1) is 12.8 Å². The lowest BCUT2D eigenvalue weighted by Gasteiger charge is -2.31. The van der Waals surface area contributed by atoms with Gasteiger partial charge in [0, 0.05) is 16.5 Å². The van der Waals surface area contributed by atoms with Crippen LogP contribution in [-0.2, 0) is 11.3 Å². The van der Waals surface area contributed by atoms with E-state index in [1.54, 1.807) is 47.6 Å². The topological polar surface area (TPSA) is 107 Å². The average molecular weight is 470 g/mol. The summed E-state index contributed by atoms with van der Waals surface area (Å²) >= 11 is 6.38. The van der Waals surface area contributed by atoms with Gasteiger partial charge in [-0.25, -0.2) is 10.9 Å². The first-order valence-electron chi connectivity index (χ1n) is 10.6. The van der Waals surface area contributed by atoms with Gasteiger partial charge in [0.2, 0.25) is 5.91 Å². The van der Waals surface area contributed by atoms with E-state index in [0.29, 0.717) is 22.1 Å². The zero-order valence-corrected chi connectivity index (χ0v) is 18.8. The number of phenols is 2. The molecule has 1 aromatic heterocycles. The number of ether oxygens (including phenoxy) is 1. The predicted molar refractivity (Wildman–Crippen MR) is 121 cm³/mol. The zero-order valence-electron chi connectivity index (χ0n) is 18.1. The number of amides is 1. The lowest BCUT2D eigenvalue weighted by molar-refractivity contribution is -0.131. The highest BCUT2D eigenvalue weighted by Crippen LogP contribution is 2.50. The molecule has 8 nitrogen and oxygen atoms in total. The Hall–Kier alpha value is -3.20. The largest absolute Gasteiger partial charge is 0.508 e. The fraction of sp³-hybridized carbons (Fsp3) is 0.292. The summed E-state index contributed by atoms with van der Waals surface area (Å²) < 4.78 is 10.8. The standard InChI is InChI=1S/C24H24ClN3O5/c1-12-8-18(30)15(10-16(12)25)21-20-22(27-26-21)24(31)28(11-14-4-3-7-33-14)23(20)13-5-6-17(29)19(9-13)32-2/h3-10,20-23,26-27,29-30H,11H2,1-2H3. The number of halogens is 1. The van der Waals surface area contributed by atoms with Gasteiger partial charge in [-0.3, -0.25) is 4.79 Å². The van der Waals surface area contributed by atoms with E-state index < -0.39 is 18.1 Å². The number of aryl methyl sites for hydroxylation is 1. The number of furan rings is 1. The van der Waals surface area contributed by atoms with Crippen molar-refractivity contribution in [3.63, 3.8) is 0 Å². The van der Waals surface area contributed by atoms with Gasteiger partial charge >= 0.3 is 0 Å². The number of hydrogen-bond donors (Lipinski definition) is 4. The molecule has 33 heavy (non-hydrogen) atoms. The SMILES string of the molecule is COc1cc(C2C3C(NNC3c3cc(Cl)c(C)cc3O)C(=O)N2Cc2ccco2)ccc1O. The summed E-state index contributed by atoms with van der Waals surface area (Å²) in [5, 5.41) is 21.4. The van der Waals surface area contributed by atoms with Crippen LogP contribution in [0.1, 0.15) is 34.5 Å². The van der Waals surface area contributed by atoms with Gasteiger partial charge in [-0.05, 0) is 54.4 Å². The molecule has 2 saturated heterocycles. The summed E-state index contributed by atoms with van der Waals surface area (Å²) in [6, 6.07) is 10.7. The first-order chi connectivity index (χ1) is 15.9. The average Bonchev–Trinajstić information content (AvgIpc) is 3.51. The maximum atomic E-state index is 13.5. The molecule has 4 unspecified atom stereocenters. The van der Waals surface area contributed by atoms with Gasteiger partial charge < -0.3 is 24.3 Å². The van der Waals surface area contributed by atoms with Crippen LogP contribution in [0.5, 0.6) is 17.2 Å². The van der Waals surface area contributed by atoms with Crippen molar-refractivity contribution in [2.24, 2.45) is 5.92 Å². The molecule has 172 valence electrons. The number of nitrogens with one attached hydrogen (secondary N) is 2. The van der Waals surface area contributed by atoms with Crippen LogP contribution in [0.4, 0.5) is 0 Å². The van der Waals surface area contributed by atoms with E-state index in [2.05, 4.69) is 10.9 Å². The molecule has 0 saturated carbocycles. The van der Waals surface area contributed by atoms with Crippen LogP contribution in [0.2, 0.25) is 5.02 Å². The fourth-order valence-corrected chi connectivity index (χ4v) is 5.09. The normalized spacial score (nSPS) is 24.3. The zero-order chi connectivity index (χ0) is 23.3. The summed E-state index contributed by atoms with van der Waals surface area (Å²) in [6.07, 6.45) is 1.57. The van der Waals surface area contributed by atoms with Crippen LogP contribution in [0.25, 0.3) is 0 Å². The van der Waals surface area contributed by atoms with Crippen molar-refractivity contribution in [1.29, 1.82) is 0 Å². The highest BCUT2D eigenvalue weighted by molar-refractivity contribution is 6.31. The maximum Gasteiger partial charge on any atom is 0.242 e. The third-order valence-electron chi connectivity index (χ3n) is 6.51. The van der Waals surface area contributed by atoms with Gasteiger partial charge in [0.15, 0.2) is 11.5 Å². The molecule has 0 bridgehead atoms. The number of aromatic hydroxyl groups is 2. The molecule has 1 amide bonds. The summed E-state index contributed by atoms with van der Waals surface area (Å²) in [4.78, 5) is 15.3. The summed E-state index contributed by atoms with van der Waals surface area (Å²) in [5.74, 6) is 0.716. The molecule has 4 atom stereocenters. The van der Waals surface area contributed by atoms with Gasteiger partial charge in [-0.15, -0.1) is 0 Å². The van der Waals surface area contributed by atoms with Crippen molar-refractivity contribution in [2.45, 2.75) is 31.6 Å². The number of hydrazine groups is 1. The quantitative estimate of drug-likeness (QED) is 0.452. The third kappa shape index (κ3) is 3.60. The molecule has 4 N–H and O–H groups in total. The van der Waals surface area contributed by atoms with Crippen molar-refractivity contribution in [1.82, 2.24) is 15.8 Å². The number of carbonyl (C=O) groups is 1. The van der Waals surface area contributed by atoms with Crippen LogP contribution in [0.3, 0.4) is 0 Å². The lowest BCUT2D eigenvalue weighted by atomic mass is 9.83. The second-order valence-corrected chi connectivity index (χ2v) is 8.81. The molecular formula is C24H24ClN3O5. The second kappa shape index (κ2) is 8.30. The minimum absolute atomic E-state index is 0.0156. The number of hydrogen-bond acceptors (Lipinski definition) is 7. The molecule has 3 aromatic rings. The summed E-state index contributed by atoms with van der Waals surface area (Å²) in [6.45, 7) is 2.10. The molecule has 9 heteroatoms. The molecule has 0 radical (unpaired) electrons. The Labute approximate surface area is 195 Å². The van der Waals surface area contributed by atoms with Crippen LogP contribution in [-0.4, -0.2) is 34.2 Å². The molecule has 5 rings (SSSR count). The van der Waals surface area contributed by atoms with Gasteiger partial charge in [0.25, 0.3) is 0 Å². The number of carbonyl (C=O) groups excluding carboxylic acids is 1. The van der Waals surface area contributed by atoms with Crippen molar-refractivity contribution < 1.29 is 24.2 Å². The predicted octanol–water partition coefficient (Wildman–Crippen LogP) is 3.58. The molecule has 0 aliphatic carbocycles. The van der Waals surface area contributed by atoms with E-state index in [-0.39, 0.29) is 29.9 Å². The number of benzene rings is 2. The van der Waals surface area contributed by atoms with E-state index in [4.69, 9.17) is 20.8 Å². The first kappa shape index (κ1) is 21.6. The minimum Gasteiger partial charge on any atom is -0.508 e. The number of rotatable bonds is 5. The summed E-state index contributed by atoms with van der Waals surface area (Å²) in [5.41, 5.74) is 8.48. The number of methoxy groups -OCH3 is 1. The van der Waals surface area contributed by atoms with E-state index in [1.165, 1.54) is 7.11 Å². The van der Waals surface area contributed by atoms with E-state index >= 15 is 0 Å². The lowest BCUT2D eigenvalue weighted by Crippen LogP contribution is -2.41. The number of nitrogens with zero attached hydrogens (tertiary/aromatic N) is 1. The summed E-state index contributed by atoms with van der Waals surface area (Å²) in [7, 11) is 1.48. The Morgan fingerprint density at radius 3 is 2.64 bits per heavy atom. The molecule has 2 aliphatic heterocycles. The van der Waals surface area contributed by atoms with Crippen molar-refractivity contribution in [3.8, 4) is 17.2 Å². The fourth-order valence-electron chi connectivity index (χ4n) is 4.92. The molecular weight excluding hydrogens is 446 g/mol. The number of phenolic OH excluding ortho intramolecular Hbond substituents is 2. The van der Waals surface area contributed by atoms with E-state index in [1.807, 2.05) is 13.0 Å². The maximum absolute atomic E-state index is 13.5. The van der Waals surface area contributed by atoms with E-state index in [0.717, 1.165) is 11.1 Å². The Morgan fingerprint density at radius 2 is 1.91 bits per heavy atom. The number of fused-ring (bicyclic) bond motifs is 1. The van der Waals surface area contributed by atoms with E-state index in [9.17, 15) is 15.0 Å².